The standard InChI is InChI=1S/C20H21F3N2O2/c1-26-17-6-4-16(5-7-17)14-27-18-8-2-15(3-9-18)10-12-25-13-11-19(24)20(21,22)23/h2-9,11,13,24-25H,10,12,14H2,1H3/b13-11-,24-19?. The monoisotopic (exact) mass is 378 g/mol. The molecule has 0 unspecified atom stereocenters. The molecule has 0 saturated heterocycles. The summed E-state index contributed by atoms with van der Waals surface area (Å²) in [5, 5.41) is 9.56. The number of methoxy groups -OCH3 is 1. The van der Waals surface area contributed by atoms with E-state index in [1.165, 1.54) is 0 Å². The highest BCUT2D eigenvalue weighted by molar-refractivity contribution is 5.96. The Morgan fingerprint density at radius 2 is 1.59 bits per heavy atom. The molecule has 0 spiro atoms. The Kier molecular flexibility index (Phi) is 7.28. The molecule has 4 nitrogen and oxygen atoms in total. The zero-order valence-electron chi connectivity index (χ0n) is 14.8. The van der Waals surface area contributed by atoms with Crippen LogP contribution in [0, 0.1) is 5.41 Å². The topological polar surface area (TPSA) is 54.3 Å². The molecular weight excluding hydrogens is 357 g/mol. The predicted molar refractivity (Wildman–Crippen MR) is 98.4 cm³/mol. The van der Waals surface area contributed by atoms with E-state index in [4.69, 9.17) is 14.9 Å². The van der Waals surface area contributed by atoms with Crippen LogP contribution in [0.25, 0.3) is 0 Å². The van der Waals surface area contributed by atoms with E-state index in [0.29, 0.717) is 25.6 Å². The first-order chi connectivity index (χ1) is 12.9. The first-order valence-electron chi connectivity index (χ1n) is 8.29. The number of alkyl halides is 3. The molecular formula is C20H21F3N2O2. The molecule has 2 aromatic carbocycles. The van der Waals surface area contributed by atoms with Crippen LogP contribution in [-0.4, -0.2) is 25.5 Å². The van der Waals surface area contributed by atoms with Crippen LogP contribution in [0.1, 0.15) is 11.1 Å². The maximum Gasteiger partial charge on any atom is 0.432 e. The van der Waals surface area contributed by atoms with E-state index in [-0.39, 0.29) is 0 Å². The first kappa shape index (κ1) is 20.4. The number of hydrogen-bond donors (Lipinski definition) is 2. The second kappa shape index (κ2) is 9.66. The number of halogens is 3. The van der Waals surface area contributed by atoms with Gasteiger partial charge in [0, 0.05) is 6.54 Å². The van der Waals surface area contributed by atoms with Gasteiger partial charge < -0.3 is 14.8 Å². The molecule has 0 saturated carbocycles. The van der Waals surface area contributed by atoms with Gasteiger partial charge in [0.2, 0.25) is 0 Å². The van der Waals surface area contributed by atoms with Crippen molar-refractivity contribution in [2.45, 2.75) is 19.2 Å². The summed E-state index contributed by atoms with van der Waals surface area (Å²) in [6, 6.07) is 15.1. The average molecular weight is 378 g/mol. The summed E-state index contributed by atoms with van der Waals surface area (Å²) in [4.78, 5) is 0. The van der Waals surface area contributed by atoms with Crippen LogP contribution >= 0.6 is 0 Å². The maximum absolute atomic E-state index is 12.1. The molecule has 0 aliphatic carbocycles. The molecule has 2 N–H and O–H groups in total. The minimum atomic E-state index is -4.61. The normalized spacial score (nSPS) is 11.4. The van der Waals surface area contributed by atoms with Crippen molar-refractivity contribution in [2.75, 3.05) is 13.7 Å². The molecule has 0 atom stereocenters. The fourth-order valence-corrected chi connectivity index (χ4v) is 2.18. The SMILES string of the molecule is COc1ccc(COc2ccc(CCN/C=C\C(=N)C(F)(F)F)cc2)cc1. The molecule has 27 heavy (non-hydrogen) atoms. The van der Waals surface area contributed by atoms with Gasteiger partial charge in [-0.2, -0.15) is 13.2 Å². The molecule has 0 aliphatic rings. The van der Waals surface area contributed by atoms with E-state index >= 15 is 0 Å². The van der Waals surface area contributed by atoms with E-state index in [1.54, 1.807) is 7.11 Å². The molecule has 0 radical (unpaired) electrons. The Labute approximate surface area is 156 Å². The molecule has 0 aromatic heterocycles. The van der Waals surface area contributed by atoms with Crippen LogP contribution in [0.2, 0.25) is 0 Å². The van der Waals surface area contributed by atoms with Crippen molar-refractivity contribution in [3.63, 3.8) is 0 Å². The fourth-order valence-electron chi connectivity index (χ4n) is 2.18. The second-order valence-corrected chi connectivity index (χ2v) is 5.73. The van der Waals surface area contributed by atoms with Gasteiger partial charge in [-0.05, 0) is 54.1 Å². The van der Waals surface area contributed by atoms with E-state index < -0.39 is 11.9 Å². The molecule has 0 heterocycles. The van der Waals surface area contributed by atoms with Crippen LogP contribution in [0.15, 0.2) is 60.8 Å². The van der Waals surface area contributed by atoms with Crippen molar-refractivity contribution in [3.05, 3.63) is 71.9 Å². The summed E-state index contributed by atoms with van der Waals surface area (Å²) in [5.74, 6) is 1.53. The molecule has 0 amide bonds. The molecule has 0 aliphatic heterocycles. The van der Waals surface area contributed by atoms with Gasteiger partial charge in [0.25, 0.3) is 0 Å². The summed E-state index contributed by atoms with van der Waals surface area (Å²) in [6.07, 6.45) is -2.12. The van der Waals surface area contributed by atoms with E-state index in [9.17, 15) is 13.2 Å². The lowest BCUT2D eigenvalue weighted by molar-refractivity contribution is -0.0584. The Morgan fingerprint density at radius 3 is 2.19 bits per heavy atom. The van der Waals surface area contributed by atoms with Gasteiger partial charge in [-0.1, -0.05) is 24.3 Å². The smallest absolute Gasteiger partial charge is 0.432 e. The number of ether oxygens (including phenoxy) is 2. The third kappa shape index (κ3) is 7.05. The average Bonchev–Trinajstić information content (AvgIpc) is 2.66. The minimum Gasteiger partial charge on any atom is -0.497 e. The Bertz CT molecular complexity index is 754. The predicted octanol–water partition coefficient (Wildman–Crippen LogP) is 4.50. The summed E-state index contributed by atoms with van der Waals surface area (Å²) in [5.41, 5.74) is 0.673. The highest BCUT2D eigenvalue weighted by Crippen LogP contribution is 2.17. The van der Waals surface area contributed by atoms with Crippen molar-refractivity contribution in [1.29, 1.82) is 5.41 Å². The Morgan fingerprint density at radius 1 is 1.00 bits per heavy atom. The van der Waals surface area contributed by atoms with Crippen molar-refractivity contribution < 1.29 is 22.6 Å². The minimum absolute atomic E-state index is 0.445. The summed E-state index contributed by atoms with van der Waals surface area (Å²) >= 11 is 0. The molecule has 2 rings (SSSR count). The third-order valence-corrected chi connectivity index (χ3v) is 3.72. The molecule has 0 bridgehead atoms. The van der Waals surface area contributed by atoms with Gasteiger partial charge in [0.15, 0.2) is 0 Å². The van der Waals surface area contributed by atoms with Crippen LogP contribution < -0.4 is 14.8 Å². The third-order valence-electron chi connectivity index (χ3n) is 3.72. The molecule has 144 valence electrons. The lowest BCUT2D eigenvalue weighted by Gasteiger charge is -2.08. The maximum atomic E-state index is 12.1. The van der Waals surface area contributed by atoms with E-state index in [0.717, 1.165) is 28.8 Å². The van der Waals surface area contributed by atoms with E-state index in [1.807, 2.05) is 48.5 Å². The van der Waals surface area contributed by atoms with Crippen LogP contribution in [0.4, 0.5) is 13.2 Å². The zero-order valence-corrected chi connectivity index (χ0v) is 14.8. The number of nitrogens with one attached hydrogen (secondary N) is 2. The first-order valence-corrected chi connectivity index (χ1v) is 8.29. The quantitative estimate of drug-likeness (QED) is 0.499. The number of benzene rings is 2. The molecule has 2 aromatic rings. The number of hydrogen-bond acceptors (Lipinski definition) is 4. The van der Waals surface area contributed by atoms with Gasteiger partial charge in [0.1, 0.15) is 23.8 Å². The highest BCUT2D eigenvalue weighted by atomic mass is 19.4. The van der Waals surface area contributed by atoms with Crippen LogP contribution in [0.3, 0.4) is 0 Å². The highest BCUT2D eigenvalue weighted by Gasteiger charge is 2.32. The lowest BCUT2D eigenvalue weighted by atomic mass is 10.1. The van der Waals surface area contributed by atoms with Crippen molar-refractivity contribution >= 4 is 5.71 Å². The summed E-state index contributed by atoms with van der Waals surface area (Å²) in [7, 11) is 1.62. The number of allylic oxidation sites excluding steroid dienone is 1. The molecule has 7 heteroatoms. The van der Waals surface area contributed by atoms with Crippen LogP contribution in [-0.2, 0) is 13.0 Å². The Hall–Kier alpha value is -2.96. The van der Waals surface area contributed by atoms with Crippen LogP contribution in [0.5, 0.6) is 11.5 Å². The summed E-state index contributed by atoms with van der Waals surface area (Å²) < 4.78 is 47.3. The van der Waals surface area contributed by atoms with Crippen molar-refractivity contribution in [3.8, 4) is 11.5 Å². The van der Waals surface area contributed by atoms with Gasteiger partial charge in [-0.3, -0.25) is 5.41 Å². The van der Waals surface area contributed by atoms with Gasteiger partial charge in [-0.15, -0.1) is 0 Å². The lowest BCUT2D eigenvalue weighted by Crippen LogP contribution is -2.20. The van der Waals surface area contributed by atoms with E-state index in [2.05, 4.69) is 5.32 Å². The largest absolute Gasteiger partial charge is 0.497 e. The fraction of sp³-hybridized carbons (Fsp3) is 0.250. The summed E-state index contributed by atoms with van der Waals surface area (Å²) in [6.45, 7) is 0.911. The van der Waals surface area contributed by atoms with Crippen molar-refractivity contribution in [2.24, 2.45) is 0 Å². The molecule has 0 fully saturated rings. The number of rotatable bonds is 9. The van der Waals surface area contributed by atoms with Gasteiger partial charge in [0.05, 0.1) is 7.11 Å². The second-order valence-electron chi connectivity index (χ2n) is 5.73. The van der Waals surface area contributed by atoms with Crippen molar-refractivity contribution in [1.82, 2.24) is 5.32 Å². The zero-order chi connectivity index (χ0) is 19.7. The Balaban J connectivity index is 1.73. The van der Waals surface area contributed by atoms with Gasteiger partial charge >= 0.3 is 6.18 Å². The van der Waals surface area contributed by atoms with Gasteiger partial charge in [-0.25, -0.2) is 0 Å².